The number of hydrogen-bond acceptors (Lipinski definition) is 4. The van der Waals surface area contributed by atoms with Crippen LogP contribution in [0.3, 0.4) is 0 Å². The number of aromatic nitrogens is 5. The Morgan fingerprint density at radius 2 is 1.94 bits per heavy atom. The number of aryl methyl sites for hydroxylation is 2. The van der Waals surface area contributed by atoms with Crippen molar-refractivity contribution in [2.45, 2.75) is 36.6 Å². The smallest absolute Gasteiger partial charge is 0.153 e. The molecule has 1 unspecified atom stereocenters. The fraction of sp³-hybridized carbons (Fsp3) is 0.320. The van der Waals surface area contributed by atoms with Crippen molar-refractivity contribution in [1.82, 2.24) is 24.3 Å². The van der Waals surface area contributed by atoms with Crippen molar-refractivity contribution >= 4 is 28.3 Å². The zero-order valence-corrected chi connectivity index (χ0v) is 20.8. The second-order valence-corrected chi connectivity index (χ2v) is 11.3. The van der Waals surface area contributed by atoms with Gasteiger partial charge >= 0.3 is 0 Å². The van der Waals surface area contributed by atoms with Crippen molar-refractivity contribution < 1.29 is 4.21 Å². The van der Waals surface area contributed by atoms with Gasteiger partial charge in [0.15, 0.2) is 11.0 Å². The lowest BCUT2D eigenvalue weighted by atomic mass is 9.58. The molecule has 0 radical (unpaired) electrons. The van der Waals surface area contributed by atoms with E-state index in [4.69, 9.17) is 11.6 Å². The van der Waals surface area contributed by atoms with Gasteiger partial charge in [-0.1, -0.05) is 30.7 Å². The molecule has 3 heterocycles. The van der Waals surface area contributed by atoms with Gasteiger partial charge in [0.25, 0.3) is 0 Å². The summed E-state index contributed by atoms with van der Waals surface area (Å²) >= 11 is 6.69. The average Bonchev–Trinajstić information content (AvgIpc) is 3.51. The molecule has 0 amide bonds. The second kappa shape index (κ2) is 7.78. The quantitative estimate of drug-likeness (QED) is 0.416. The summed E-state index contributed by atoms with van der Waals surface area (Å²) in [7, 11) is 2.58. The Morgan fingerprint density at radius 1 is 1.12 bits per heavy atom. The third-order valence-electron chi connectivity index (χ3n) is 7.18. The third-order valence-corrected chi connectivity index (χ3v) is 8.99. The monoisotopic (exact) mass is 492 g/mol. The summed E-state index contributed by atoms with van der Waals surface area (Å²) in [6, 6.07) is 12.3. The van der Waals surface area contributed by atoms with E-state index < -0.39 is 11.0 Å². The summed E-state index contributed by atoms with van der Waals surface area (Å²) in [5, 5.41) is 9.23. The molecular formula is C25H25ClN6OS. The molecule has 0 spiro atoms. The van der Waals surface area contributed by atoms with E-state index in [9.17, 15) is 4.21 Å². The zero-order chi connectivity index (χ0) is 23.6. The number of nitrogens with zero attached hydrogens (tertiary/aromatic N) is 6. The van der Waals surface area contributed by atoms with Crippen molar-refractivity contribution in [3.8, 4) is 11.3 Å². The first kappa shape index (κ1) is 21.6. The van der Waals surface area contributed by atoms with Crippen LogP contribution in [0.25, 0.3) is 11.3 Å². The summed E-state index contributed by atoms with van der Waals surface area (Å²) < 4.78 is 19.5. The largest absolute Gasteiger partial charge is 0.334 e. The molecule has 1 aliphatic heterocycles. The van der Waals surface area contributed by atoms with Gasteiger partial charge in [-0.25, -0.2) is 9.19 Å². The van der Waals surface area contributed by atoms with Gasteiger partial charge in [0.2, 0.25) is 0 Å². The highest BCUT2D eigenvalue weighted by Crippen LogP contribution is 2.52. The van der Waals surface area contributed by atoms with E-state index in [1.807, 2.05) is 45.7 Å². The van der Waals surface area contributed by atoms with Crippen LogP contribution in [0.4, 0.5) is 5.69 Å². The number of anilines is 1. The first-order valence-corrected chi connectivity index (χ1v) is 12.8. The van der Waals surface area contributed by atoms with Gasteiger partial charge in [-0.2, -0.15) is 0 Å². The molecule has 4 aromatic rings. The summed E-state index contributed by atoms with van der Waals surface area (Å²) in [5.41, 5.74) is 4.71. The van der Waals surface area contributed by atoms with Gasteiger partial charge < -0.3 is 9.13 Å². The van der Waals surface area contributed by atoms with E-state index in [2.05, 4.69) is 40.3 Å². The first-order valence-electron chi connectivity index (χ1n) is 11.3. The molecule has 1 fully saturated rings. The molecule has 34 heavy (non-hydrogen) atoms. The number of rotatable bonds is 4. The molecule has 174 valence electrons. The molecule has 9 heteroatoms. The van der Waals surface area contributed by atoms with E-state index in [0.717, 1.165) is 46.1 Å². The Labute approximate surface area is 206 Å². The van der Waals surface area contributed by atoms with Crippen molar-refractivity contribution in [1.29, 1.82) is 0 Å². The third kappa shape index (κ3) is 3.15. The van der Waals surface area contributed by atoms with Crippen LogP contribution in [0.5, 0.6) is 0 Å². The number of fused-ring (bicyclic) bond motifs is 1. The summed E-state index contributed by atoms with van der Waals surface area (Å²) in [6.45, 7) is 2.77. The topological polar surface area (TPSA) is 68.8 Å². The minimum absolute atomic E-state index is 0.168. The van der Waals surface area contributed by atoms with E-state index in [1.165, 1.54) is 5.56 Å². The molecule has 1 saturated carbocycles. The molecule has 0 bridgehead atoms. The van der Waals surface area contributed by atoms with Gasteiger partial charge in [-0.05, 0) is 48.6 Å². The van der Waals surface area contributed by atoms with Crippen molar-refractivity contribution in [2.75, 3.05) is 4.31 Å². The summed E-state index contributed by atoms with van der Waals surface area (Å²) in [4.78, 5) is 4.96. The number of hydrogen-bond donors (Lipinski definition) is 0. The predicted molar refractivity (Wildman–Crippen MR) is 133 cm³/mol. The minimum atomic E-state index is -1.36. The highest BCUT2D eigenvalue weighted by atomic mass is 35.5. The van der Waals surface area contributed by atoms with Crippen molar-refractivity contribution in [3.05, 3.63) is 77.2 Å². The van der Waals surface area contributed by atoms with Gasteiger partial charge in [-0.3, -0.25) is 4.31 Å². The SMILES string of the molecule is CC1CC(c2cccc(N3Cc4c(Cl)cc(-c5cncn5C)cc4S3=O)c2)(c2nncn2C)C1. The predicted octanol–water partition coefficient (Wildman–Crippen LogP) is 4.63. The maximum atomic E-state index is 13.7. The van der Waals surface area contributed by atoms with Crippen LogP contribution in [0.1, 0.15) is 36.7 Å². The molecule has 2 aromatic carbocycles. The maximum absolute atomic E-state index is 13.7. The fourth-order valence-corrected chi connectivity index (χ4v) is 7.30. The van der Waals surface area contributed by atoms with Gasteiger partial charge in [0.05, 0.1) is 40.8 Å². The van der Waals surface area contributed by atoms with Crippen LogP contribution in [0.2, 0.25) is 5.02 Å². The molecule has 1 atom stereocenters. The summed E-state index contributed by atoms with van der Waals surface area (Å²) in [6.07, 6.45) is 7.35. The number of benzene rings is 2. The lowest BCUT2D eigenvalue weighted by Crippen LogP contribution is -2.43. The number of halogens is 1. The van der Waals surface area contributed by atoms with Crippen LogP contribution < -0.4 is 4.31 Å². The molecule has 0 N–H and O–H groups in total. The van der Waals surface area contributed by atoms with E-state index in [-0.39, 0.29) is 5.41 Å². The molecule has 6 rings (SSSR count). The standard InChI is InChI=1S/C25H25ClN6OS/c1-16-10-25(11-16,24-29-28-15-31(24)3)18-5-4-6-19(9-18)32-13-20-21(26)7-17(8-23(20)34(32)33)22-12-27-14-30(22)2/h4-9,12,14-16H,10-11,13H2,1-3H3. The lowest BCUT2D eigenvalue weighted by molar-refractivity contribution is 0.185. The van der Waals surface area contributed by atoms with Crippen LogP contribution in [0, 0.1) is 5.92 Å². The molecule has 7 nitrogen and oxygen atoms in total. The van der Waals surface area contributed by atoms with E-state index in [1.54, 1.807) is 18.9 Å². The highest BCUT2D eigenvalue weighted by Gasteiger charge is 2.48. The van der Waals surface area contributed by atoms with Crippen molar-refractivity contribution in [3.63, 3.8) is 0 Å². The molecule has 2 aromatic heterocycles. The average molecular weight is 493 g/mol. The fourth-order valence-electron chi connectivity index (χ4n) is 5.56. The maximum Gasteiger partial charge on any atom is 0.153 e. The van der Waals surface area contributed by atoms with Crippen LogP contribution >= 0.6 is 11.6 Å². The minimum Gasteiger partial charge on any atom is -0.334 e. The van der Waals surface area contributed by atoms with Crippen LogP contribution in [-0.2, 0) is 37.0 Å². The lowest BCUT2D eigenvalue weighted by Gasteiger charge is -2.46. The van der Waals surface area contributed by atoms with Gasteiger partial charge in [0, 0.05) is 30.2 Å². The second-order valence-electron chi connectivity index (χ2n) is 9.52. The van der Waals surface area contributed by atoms with Gasteiger partial charge in [0.1, 0.15) is 12.2 Å². The van der Waals surface area contributed by atoms with Crippen molar-refractivity contribution in [2.24, 2.45) is 20.0 Å². The first-order chi connectivity index (χ1) is 16.4. The summed E-state index contributed by atoms with van der Waals surface area (Å²) in [5.74, 6) is 1.60. The highest BCUT2D eigenvalue weighted by molar-refractivity contribution is 7.86. The Bertz CT molecular complexity index is 1440. The normalized spacial score (nSPS) is 23.7. The van der Waals surface area contributed by atoms with Crippen LogP contribution in [-0.4, -0.2) is 28.5 Å². The Morgan fingerprint density at radius 3 is 2.62 bits per heavy atom. The molecule has 2 aliphatic rings. The molecule has 1 aliphatic carbocycles. The Balaban J connectivity index is 1.38. The van der Waals surface area contributed by atoms with E-state index >= 15 is 0 Å². The van der Waals surface area contributed by atoms with Gasteiger partial charge in [-0.15, -0.1) is 10.2 Å². The number of imidazole rings is 1. The zero-order valence-electron chi connectivity index (χ0n) is 19.3. The van der Waals surface area contributed by atoms with Crippen LogP contribution in [0.15, 0.2) is 60.1 Å². The Kier molecular flexibility index (Phi) is 4.93. The molecular weight excluding hydrogens is 468 g/mol. The Hall–Kier alpha value is -2.97. The molecule has 0 saturated heterocycles. The van der Waals surface area contributed by atoms with E-state index in [0.29, 0.717) is 17.5 Å².